The summed E-state index contributed by atoms with van der Waals surface area (Å²) in [6.45, 7) is 4.00. The van der Waals surface area contributed by atoms with Gasteiger partial charge in [0, 0.05) is 12.6 Å². The third-order valence-electron chi connectivity index (χ3n) is 3.25. The minimum Gasteiger partial charge on any atom is -0.377 e. The maximum absolute atomic E-state index is 5.81. The van der Waals surface area contributed by atoms with Gasteiger partial charge in [-0.3, -0.25) is 0 Å². The first-order valence-electron chi connectivity index (χ1n) is 6.23. The van der Waals surface area contributed by atoms with Crippen LogP contribution in [0, 0.1) is 0 Å². The van der Waals surface area contributed by atoms with Crippen molar-refractivity contribution in [2.75, 3.05) is 13.2 Å². The molecule has 0 aliphatic heterocycles. The summed E-state index contributed by atoms with van der Waals surface area (Å²) in [6.07, 6.45) is 5.77. The molecule has 2 rings (SSSR count). The maximum atomic E-state index is 5.81. The molecule has 90 valence electrons. The Morgan fingerprint density at radius 3 is 3.00 bits per heavy atom. The molecule has 1 unspecified atom stereocenters. The van der Waals surface area contributed by atoms with Crippen LogP contribution in [0.15, 0.2) is 16.8 Å². The van der Waals surface area contributed by atoms with Gasteiger partial charge >= 0.3 is 0 Å². The van der Waals surface area contributed by atoms with Crippen LogP contribution in [-0.4, -0.2) is 19.3 Å². The van der Waals surface area contributed by atoms with Gasteiger partial charge in [0.1, 0.15) is 0 Å². The molecule has 1 heterocycles. The molecule has 3 heteroatoms. The third kappa shape index (κ3) is 3.58. The van der Waals surface area contributed by atoms with Gasteiger partial charge in [-0.25, -0.2) is 0 Å². The number of ether oxygens (including phenoxy) is 1. The average molecular weight is 239 g/mol. The van der Waals surface area contributed by atoms with E-state index in [1.165, 1.54) is 31.2 Å². The molecule has 16 heavy (non-hydrogen) atoms. The Morgan fingerprint density at radius 1 is 1.50 bits per heavy atom. The summed E-state index contributed by atoms with van der Waals surface area (Å²) in [5, 5.41) is 7.82. The normalized spacial score (nSPS) is 19.1. The zero-order valence-corrected chi connectivity index (χ0v) is 10.8. The molecule has 0 amide bonds. The van der Waals surface area contributed by atoms with Crippen LogP contribution < -0.4 is 5.32 Å². The molecule has 1 saturated carbocycles. The van der Waals surface area contributed by atoms with Crippen molar-refractivity contribution in [1.29, 1.82) is 0 Å². The lowest BCUT2D eigenvalue weighted by molar-refractivity contribution is 0.0593. The highest BCUT2D eigenvalue weighted by molar-refractivity contribution is 7.07. The number of hydrogen-bond donors (Lipinski definition) is 1. The average Bonchev–Trinajstić information content (AvgIpc) is 2.96. The topological polar surface area (TPSA) is 21.3 Å². The van der Waals surface area contributed by atoms with Crippen molar-refractivity contribution in [1.82, 2.24) is 5.32 Å². The highest BCUT2D eigenvalue weighted by Crippen LogP contribution is 2.20. The summed E-state index contributed by atoms with van der Waals surface area (Å²) in [6, 6.07) is 2.62. The second-order valence-electron chi connectivity index (χ2n) is 4.51. The zero-order valence-electron chi connectivity index (χ0n) is 9.95. The Bertz CT molecular complexity index is 280. The van der Waals surface area contributed by atoms with Gasteiger partial charge in [0.25, 0.3) is 0 Å². The fourth-order valence-electron chi connectivity index (χ4n) is 2.20. The van der Waals surface area contributed by atoms with Crippen LogP contribution in [0.5, 0.6) is 0 Å². The summed E-state index contributed by atoms with van der Waals surface area (Å²) in [7, 11) is 0. The molecule has 1 aliphatic rings. The molecular formula is C13H21NOS. The molecule has 1 aliphatic carbocycles. The van der Waals surface area contributed by atoms with Gasteiger partial charge in [-0.1, -0.05) is 12.8 Å². The quantitative estimate of drug-likeness (QED) is 0.769. The van der Waals surface area contributed by atoms with E-state index in [9.17, 15) is 0 Å². The van der Waals surface area contributed by atoms with E-state index >= 15 is 0 Å². The van der Waals surface area contributed by atoms with Crippen LogP contribution in [0.25, 0.3) is 0 Å². The van der Waals surface area contributed by atoms with Gasteiger partial charge in [-0.2, -0.15) is 11.3 Å². The Balaban J connectivity index is 1.57. The maximum Gasteiger partial charge on any atom is 0.0594 e. The van der Waals surface area contributed by atoms with E-state index in [-0.39, 0.29) is 0 Å². The predicted molar refractivity (Wildman–Crippen MR) is 68.9 cm³/mol. The first kappa shape index (κ1) is 12.1. The molecule has 0 bridgehead atoms. The fraction of sp³-hybridized carbons (Fsp3) is 0.692. The van der Waals surface area contributed by atoms with Crippen molar-refractivity contribution in [2.24, 2.45) is 0 Å². The van der Waals surface area contributed by atoms with Crippen LogP contribution in [0.1, 0.15) is 44.2 Å². The first-order valence-corrected chi connectivity index (χ1v) is 7.17. The van der Waals surface area contributed by atoms with E-state index in [0.717, 1.165) is 13.2 Å². The molecular weight excluding hydrogens is 218 g/mol. The lowest BCUT2D eigenvalue weighted by Gasteiger charge is -2.15. The standard InChI is InChI=1S/C13H21NOS/c1-11(12-6-9-16-10-12)14-7-8-15-13-4-2-3-5-13/h6,9-11,13-14H,2-5,7-8H2,1H3. The molecule has 1 atom stereocenters. The van der Waals surface area contributed by atoms with E-state index in [1.54, 1.807) is 11.3 Å². The van der Waals surface area contributed by atoms with Crippen molar-refractivity contribution in [3.63, 3.8) is 0 Å². The van der Waals surface area contributed by atoms with E-state index in [4.69, 9.17) is 4.74 Å². The first-order chi connectivity index (χ1) is 7.86. The molecule has 0 spiro atoms. The van der Waals surface area contributed by atoms with E-state index in [1.807, 2.05) is 0 Å². The summed E-state index contributed by atoms with van der Waals surface area (Å²) in [4.78, 5) is 0. The molecule has 1 aromatic heterocycles. The zero-order chi connectivity index (χ0) is 11.2. The number of nitrogens with one attached hydrogen (secondary N) is 1. The second kappa shape index (κ2) is 6.38. The lowest BCUT2D eigenvalue weighted by Crippen LogP contribution is -2.24. The minimum atomic E-state index is 0.443. The highest BCUT2D eigenvalue weighted by Gasteiger charge is 2.14. The van der Waals surface area contributed by atoms with E-state index in [0.29, 0.717) is 12.1 Å². The summed E-state index contributed by atoms with van der Waals surface area (Å²) < 4.78 is 5.81. The van der Waals surface area contributed by atoms with Crippen LogP contribution in [-0.2, 0) is 4.74 Å². The van der Waals surface area contributed by atoms with Crippen LogP contribution in [0.3, 0.4) is 0 Å². The second-order valence-corrected chi connectivity index (χ2v) is 5.29. The molecule has 0 saturated heterocycles. The van der Waals surface area contributed by atoms with Gasteiger partial charge in [-0.15, -0.1) is 0 Å². The van der Waals surface area contributed by atoms with Crippen LogP contribution in [0.4, 0.5) is 0 Å². The monoisotopic (exact) mass is 239 g/mol. The van der Waals surface area contributed by atoms with E-state index in [2.05, 4.69) is 29.1 Å². The molecule has 0 aromatic carbocycles. The van der Waals surface area contributed by atoms with Crippen molar-refractivity contribution in [2.45, 2.75) is 44.8 Å². The van der Waals surface area contributed by atoms with Crippen LogP contribution >= 0.6 is 11.3 Å². The Morgan fingerprint density at radius 2 is 2.31 bits per heavy atom. The summed E-state index contributed by atoms with van der Waals surface area (Å²) in [5.41, 5.74) is 1.38. The number of thiophene rings is 1. The van der Waals surface area contributed by atoms with Gasteiger partial charge in [0.05, 0.1) is 12.7 Å². The molecule has 1 fully saturated rings. The van der Waals surface area contributed by atoms with Gasteiger partial charge in [-0.05, 0) is 42.2 Å². The molecule has 1 aromatic rings. The van der Waals surface area contributed by atoms with Crippen molar-refractivity contribution >= 4 is 11.3 Å². The van der Waals surface area contributed by atoms with Crippen molar-refractivity contribution < 1.29 is 4.74 Å². The smallest absolute Gasteiger partial charge is 0.0594 e. The SMILES string of the molecule is CC(NCCOC1CCCC1)c1ccsc1. The van der Waals surface area contributed by atoms with Gasteiger partial charge in [0.2, 0.25) is 0 Å². The fourth-order valence-corrected chi connectivity index (χ4v) is 2.95. The van der Waals surface area contributed by atoms with Gasteiger partial charge < -0.3 is 10.1 Å². The molecule has 0 radical (unpaired) electrons. The van der Waals surface area contributed by atoms with Crippen molar-refractivity contribution in [3.05, 3.63) is 22.4 Å². The summed E-state index contributed by atoms with van der Waals surface area (Å²) in [5.74, 6) is 0. The molecule has 2 nitrogen and oxygen atoms in total. The number of rotatable bonds is 6. The Labute approximate surface area is 102 Å². The molecule has 1 N–H and O–H groups in total. The minimum absolute atomic E-state index is 0.443. The predicted octanol–water partition coefficient (Wildman–Crippen LogP) is 3.36. The Hall–Kier alpha value is -0.380. The van der Waals surface area contributed by atoms with Crippen molar-refractivity contribution in [3.8, 4) is 0 Å². The van der Waals surface area contributed by atoms with Crippen LogP contribution in [0.2, 0.25) is 0 Å². The van der Waals surface area contributed by atoms with Gasteiger partial charge in [0.15, 0.2) is 0 Å². The lowest BCUT2D eigenvalue weighted by atomic mass is 10.2. The number of hydrogen-bond acceptors (Lipinski definition) is 3. The highest BCUT2D eigenvalue weighted by atomic mass is 32.1. The third-order valence-corrected chi connectivity index (χ3v) is 3.95. The van der Waals surface area contributed by atoms with E-state index < -0.39 is 0 Å². The largest absolute Gasteiger partial charge is 0.377 e. The summed E-state index contributed by atoms with van der Waals surface area (Å²) >= 11 is 1.76. The Kier molecular flexibility index (Phi) is 4.82.